The number of halogens is 1. The summed E-state index contributed by atoms with van der Waals surface area (Å²) in [5.74, 6) is -1.21. The van der Waals surface area contributed by atoms with Crippen molar-refractivity contribution in [2.24, 2.45) is 0 Å². The number of aromatic nitrogens is 1. The molecular weight excluding hydrogens is 342 g/mol. The zero-order chi connectivity index (χ0) is 17.4. The molecule has 0 saturated carbocycles. The second-order valence-electron chi connectivity index (χ2n) is 5.28. The Morgan fingerprint density at radius 2 is 1.48 bits per heavy atom. The molecule has 0 spiro atoms. The minimum atomic E-state index is -1.54. The Morgan fingerprint density at radius 1 is 0.920 bits per heavy atom. The maximum atomic E-state index is 12.8. The Morgan fingerprint density at radius 3 is 1.96 bits per heavy atom. The largest absolute Gasteiger partial charge is 1.00 e. The lowest BCUT2D eigenvalue weighted by molar-refractivity contribution is -0.391. The number of carbonyl (C=O) groups is 2. The van der Waals surface area contributed by atoms with Crippen LogP contribution in [0.2, 0.25) is 0 Å². The quantitative estimate of drug-likeness (QED) is 0.473. The molecule has 1 aromatic heterocycles. The van der Waals surface area contributed by atoms with Gasteiger partial charge in [0.1, 0.15) is 0 Å². The van der Waals surface area contributed by atoms with Crippen LogP contribution in [0.1, 0.15) is 25.1 Å². The number of benzene rings is 1. The first-order chi connectivity index (χ1) is 11.6. The zero-order valence-electron chi connectivity index (χ0n) is 14.3. The van der Waals surface area contributed by atoms with Crippen molar-refractivity contribution in [1.29, 1.82) is 0 Å². The number of hydrogen-bond donors (Lipinski definition) is 0. The molecule has 2 aromatic rings. The van der Waals surface area contributed by atoms with E-state index in [-0.39, 0.29) is 32.0 Å². The van der Waals surface area contributed by atoms with Crippen LogP contribution in [0.3, 0.4) is 0 Å². The van der Waals surface area contributed by atoms with E-state index in [1.54, 1.807) is 44.3 Å². The first-order valence-electron chi connectivity index (χ1n) is 8.00. The van der Waals surface area contributed by atoms with Crippen molar-refractivity contribution in [3.8, 4) is 0 Å². The highest BCUT2D eigenvalue weighted by Crippen LogP contribution is 2.31. The van der Waals surface area contributed by atoms with Crippen LogP contribution in [-0.2, 0) is 30.9 Å². The zero-order valence-corrected chi connectivity index (χ0v) is 15.1. The van der Waals surface area contributed by atoms with E-state index >= 15 is 0 Å². The smallest absolute Gasteiger partial charge is 0.328 e. The summed E-state index contributed by atoms with van der Waals surface area (Å²) >= 11 is 0. The predicted molar refractivity (Wildman–Crippen MR) is 88.1 cm³/mol. The van der Waals surface area contributed by atoms with Crippen LogP contribution in [0.5, 0.6) is 0 Å². The molecule has 5 nitrogen and oxygen atoms in total. The molecule has 0 bridgehead atoms. The number of carbonyl (C=O) groups excluding carboxylic acids is 2. The van der Waals surface area contributed by atoms with Gasteiger partial charge in [0.05, 0.1) is 19.6 Å². The predicted octanol–water partition coefficient (Wildman–Crippen LogP) is -0.889. The van der Waals surface area contributed by atoms with Gasteiger partial charge in [-0.1, -0.05) is 36.4 Å². The number of H-pyrrole nitrogens is 1. The lowest BCUT2D eigenvalue weighted by Gasteiger charge is -2.28. The summed E-state index contributed by atoms with van der Waals surface area (Å²) in [7, 11) is 0. The first kappa shape index (κ1) is 20.6. The molecule has 0 aliphatic carbocycles. The molecule has 0 unspecified atom stereocenters. The Hall–Kier alpha value is -2.40. The van der Waals surface area contributed by atoms with Gasteiger partial charge in [-0.25, -0.2) is 4.98 Å². The van der Waals surface area contributed by atoms with Crippen molar-refractivity contribution in [2.75, 3.05) is 13.2 Å². The van der Waals surface area contributed by atoms with Gasteiger partial charge in [-0.05, 0) is 19.4 Å². The number of esters is 2. The van der Waals surface area contributed by atoms with E-state index in [1.807, 2.05) is 24.3 Å². The van der Waals surface area contributed by atoms with E-state index < -0.39 is 17.4 Å². The van der Waals surface area contributed by atoms with Crippen molar-refractivity contribution >= 4 is 11.9 Å². The van der Waals surface area contributed by atoms with Gasteiger partial charge >= 0.3 is 11.9 Å². The highest BCUT2D eigenvalue weighted by Gasteiger charge is 2.52. The molecule has 1 heterocycles. The minimum Gasteiger partial charge on any atom is -1.00 e. The molecule has 25 heavy (non-hydrogen) atoms. The second-order valence-corrected chi connectivity index (χ2v) is 5.28. The van der Waals surface area contributed by atoms with Gasteiger partial charge in [0.25, 0.3) is 0 Å². The Balaban J connectivity index is 0.00000312. The fraction of sp³-hybridized carbons (Fsp3) is 0.316. The number of pyridine rings is 1. The Bertz CT molecular complexity index is 658. The third kappa shape index (κ3) is 4.57. The number of ether oxygens (including phenoxy) is 2. The Kier molecular flexibility index (Phi) is 8.08. The highest BCUT2D eigenvalue weighted by molar-refractivity contribution is 6.06. The van der Waals surface area contributed by atoms with Crippen molar-refractivity contribution < 1.29 is 36.5 Å². The molecule has 0 saturated heterocycles. The van der Waals surface area contributed by atoms with Crippen LogP contribution in [0.25, 0.3) is 0 Å². The highest BCUT2D eigenvalue weighted by atomic mass is 35.5. The number of rotatable bonds is 7. The van der Waals surface area contributed by atoms with Crippen molar-refractivity contribution in [3.05, 3.63) is 66.0 Å². The van der Waals surface area contributed by atoms with E-state index in [2.05, 4.69) is 4.98 Å². The van der Waals surface area contributed by atoms with Crippen LogP contribution < -0.4 is 17.4 Å². The summed E-state index contributed by atoms with van der Waals surface area (Å²) in [6, 6.07) is 14.4. The van der Waals surface area contributed by atoms with Crippen LogP contribution >= 0.6 is 0 Å². The third-order valence-electron chi connectivity index (χ3n) is 3.74. The first-order valence-corrected chi connectivity index (χ1v) is 8.00. The van der Waals surface area contributed by atoms with Gasteiger partial charge < -0.3 is 21.9 Å². The molecule has 0 atom stereocenters. The van der Waals surface area contributed by atoms with Crippen molar-refractivity contribution in [1.82, 2.24) is 0 Å². The summed E-state index contributed by atoms with van der Waals surface area (Å²) in [4.78, 5) is 28.8. The summed E-state index contributed by atoms with van der Waals surface area (Å²) < 4.78 is 10.5. The summed E-state index contributed by atoms with van der Waals surface area (Å²) in [6.07, 6.45) is 1.89. The van der Waals surface area contributed by atoms with Gasteiger partial charge in [-0.3, -0.25) is 9.59 Å². The van der Waals surface area contributed by atoms with E-state index in [4.69, 9.17) is 9.47 Å². The molecule has 2 rings (SSSR count). The van der Waals surface area contributed by atoms with Crippen LogP contribution in [0.4, 0.5) is 0 Å². The summed E-state index contributed by atoms with van der Waals surface area (Å²) in [5.41, 5.74) is -0.243. The molecule has 0 aliphatic rings. The van der Waals surface area contributed by atoms with E-state index in [0.717, 1.165) is 5.69 Å². The third-order valence-corrected chi connectivity index (χ3v) is 3.74. The second kappa shape index (κ2) is 9.79. The fourth-order valence-electron chi connectivity index (χ4n) is 2.62. The van der Waals surface area contributed by atoms with E-state index in [9.17, 15) is 9.59 Å². The molecule has 6 heteroatoms. The maximum absolute atomic E-state index is 12.8. The Labute approximate surface area is 153 Å². The molecule has 0 fully saturated rings. The topological polar surface area (TPSA) is 66.7 Å². The standard InChI is InChI=1S/C19H21NO4.ClH/c1-3-23-17(21)19(18(22)24-4-2,15-10-6-5-7-11-15)14-16-12-8-9-13-20-16;/h5-13H,3-4,14H2,1-2H3;1H. The van der Waals surface area contributed by atoms with Gasteiger partial charge in [-0.15, -0.1) is 0 Å². The van der Waals surface area contributed by atoms with E-state index in [1.165, 1.54) is 0 Å². The number of nitrogens with one attached hydrogen (secondary N) is 1. The van der Waals surface area contributed by atoms with Crippen LogP contribution in [0.15, 0.2) is 54.7 Å². The molecule has 0 aliphatic heterocycles. The maximum Gasteiger partial charge on any atom is 0.328 e. The molecule has 1 aromatic carbocycles. The fourth-order valence-corrected chi connectivity index (χ4v) is 2.62. The summed E-state index contributed by atoms with van der Waals surface area (Å²) in [6.45, 7) is 3.80. The van der Waals surface area contributed by atoms with Crippen molar-refractivity contribution in [2.45, 2.75) is 25.7 Å². The molecular formula is C19H22ClNO4. The van der Waals surface area contributed by atoms with Crippen molar-refractivity contribution in [3.63, 3.8) is 0 Å². The molecule has 0 radical (unpaired) electrons. The molecule has 0 amide bonds. The average Bonchev–Trinajstić information content (AvgIpc) is 2.61. The minimum absolute atomic E-state index is 0. The SMILES string of the molecule is CCOC(=O)C(Cc1cccc[nH+]1)(C(=O)OCC)c1ccccc1.[Cl-]. The summed E-state index contributed by atoms with van der Waals surface area (Å²) in [5, 5.41) is 0. The van der Waals surface area contributed by atoms with Gasteiger partial charge in [0.2, 0.25) is 0 Å². The van der Waals surface area contributed by atoms with Gasteiger partial charge in [0.15, 0.2) is 17.3 Å². The monoisotopic (exact) mass is 363 g/mol. The number of aromatic amines is 1. The van der Waals surface area contributed by atoms with Gasteiger partial charge in [0, 0.05) is 12.1 Å². The van der Waals surface area contributed by atoms with Gasteiger partial charge in [-0.2, -0.15) is 0 Å². The van der Waals surface area contributed by atoms with Crippen LogP contribution in [-0.4, -0.2) is 25.2 Å². The van der Waals surface area contributed by atoms with E-state index in [0.29, 0.717) is 5.56 Å². The number of hydrogen-bond acceptors (Lipinski definition) is 4. The lowest BCUT2D eigenvalue weighted by Crippen LogP contribution is -3.00. The average molecular weight is 364 g/mol. The molecule has 1 N–H and O–H groups in total. The lowest BCUT2D eigenvalue weighted by atomic mass is 9.76. The normalized spacial score (nSPS) is 10.5. The molecule has 134 valence electrons. The van der Waals surface area contributed by atoms with Crippen LogP contribution in [0, 0.1) is 0 Å².